The Morgan fingerprint density at radius 3 is 2.06 bits per heavy atom. The smallest absolute Gasteiger partial charge is 0.0163 e. The second-order valence-electron chi connectivity index (χ2n) is 5.60. The van der Waals surface area contributed by atoms with Gasteiger partial charge in [-0.05, 0) is 18.4 Å². The van der Waals surface area contributed by atoms with E-state index in [0.29, 0.717) is 11.5 Å². The van der Waals surface area contributed by atoms with E-state index >= 15 is 0 Å². The fraction of sp³-hybridized carbons (Fsp3) is 0.733. The molecule has 0 rings (SSSR count). The van der Waals surface area contributed by atoms with Crippen molar-refractivity contribution < 1.29 is 0 Å². The Bertz CT molecular complexity index is 205. The lowest BCUT2D eigenvalue weighted by Crippen LogP contribution is -2.42. The molecule has 100 valence electrons. The zero-order chi connectivity index (χ0) is 13.3. The number of rotatable bonds is 9. The van der Waals surface area contributed by atoms with E-state index < -0.39 is 0 Å². The fourth-order valence-electron chi connectivity index (χ4n) is 2.02. The molecule has 0 saturated carbocycles. The third kappa shape index (κ3) is 7.35. The minimum absolute atomic E-state index is 0.310. The number of hydrogen-bond donors (Lipinski definition) is 1. The van der Waals surface area contributed by atoms with Gasteiger partial charge in [0, 0.05) is 25.7 Å². The second-order valence-corrected chi connectivity index (χ2v) is 5.60. The predicted molar refractivity (Wildman–Crippen MR) is 78.4 cm³/mol. The van der Waals surface area contributed by atoms with Crippen molar-refractivity contribution in [2.24, 2.45) is 5.41 Å². The highest BCUT2D eigenvalue weighted by molar-refractivity contribution is 4.84. The first-order valence-electron chi connectivity index (χ1n) is 6.63. The molecule has 0 radical (unpaired) electrons. The summed E-state index contributed by atoms with van der Waals surface area (Å²) in [6.45, 7) is 20.7. The Hall–Kier alpha value is -0.600. The molecular formula is C15H30N2. The standard InChI is InChI=1S/C15H30N2/c1-7-11-17(12-8-2)13-10-14(16-9-3)15(4,5)6/h7-8,14,16H,1-2,9-13H2,3-6H3. The van der Waals surface area contributed by atoms with E-state index in [9.17, 15) is 0 Å². The van der Waals surface area contributed by atoms with Crippen LogP contribution in [0.5, 0.6) is 0 Å². The van der Waals surface area contributed by atoms with Gasteiger partial charge in [0.1, 0.15) is 0 Å². The van der Waals surface area contributed by atoms with E-state index in [-0.39, 0.29) is 0 Å². The average Bonchev–Trinajstić information content (AvgIpc) is 2.23. The Morgan fingerprint density at radius 2 is 1.71 bits per heavy atom. The summed E-state index contributed by atoms with van der Waals surface area (Å²) in [6, 6.07) is 0.560. The Balaban J connectivity index is 4.25. The van der Waals surface area contributed by atoms with Crippen molar-refractivity contribution in [1.82, 2.24) is 10.2 Å². The molecule has 0 bridgehead atoms. The molecule has 0 amide bonds. The highest BCUT2D eigenvalue weighted by atomic mass is 15.1. The van der Waals surface area contributed by atoms with Gasteiger partial charge in [-0.2, -0.15) is 0 Å². The monoisotopic (exact) mass is 238 g/mol. The summed E-state index contributed by atoms with van der Waals surface area (Å²) >= 11 is 0. The lowest BCUT2D eigenvalue weighted by atomic mass is 9.84. The summed E-state index contributed by atoms with van der Waals surface area (Å²) in [6.07, 6.45) is 5.09. The molecule has 0 aromatic rings. The fourth-order valence-corrected chi connectivity index (χ4v) is 2.02. The lowest BCUT2D eigenvalue weighted by molar-refractivity contribution is 0.223. The van der Waals surface area contributed by atoms with E-state index in [1.807, 2.05) is 12.2 Å². The normalized spacial score (nSPS) is 13.7. The Labute approximate surface area is 108 Å². The van der Waals surface area contributed by atoms with Gasteiger partial charge in [-0.15, -0.1) is 13.2 Å². The van der Waals surface area contributed by atoms with Crippen LogP contribution in [0, 0.1) is 5.41 Å². The molecule has 1 atom stereocenters. The van der Waals surface area contributed by atoms with Crippen molar-refractivity contribution in [3.05, 3.63) is 25.3 Å². The molecule has 0 spiro atoms. The summed E-state index contributed by atoms with van der Waals surface area (Å²) in [4.78, 5) is 2.37. The second kappa shape index (κ2) is 8.48. The van der Waals surface area contributed by atoms with Crippen LogP contribution in [0.4, 0.5) is 0 Å². The number of hydrogen-bond acceptors (Lipinski definition) is 2. The van der Waals surface area contributed by atoms with Gasteiger partial charge in [-0.1, -0.05) is 39.8 Å². The maximum Gasteiger partial charge on any atom is 0.0163 e. The minimum Gasteiger partial charge on any atom is -0.314 e. The summed E-state index contributed by atoms with van der Waals surface area (Å²) in [5.41, 5.74) is 0.310. The summed E-state index contributed by atoms with van der Waals surface area (Å²) < 4.78 is 0. The first-order chi connectivity index (χ1) is 7.95. The zero-order valence-corrected chi connectivity index (χ0v) is 12.1. The number of nitrogens with one attached hydrogen (secondary N) is 1. The van der Waals surface area contributed by atoms with E-state index in [1.165, 1.54) is 6.42 Å². The van der Waals surface area contributed by atoms with E-state index in [0.717, 1.165) is 26.2 Å². The first-order valence-corrected chi connectivity index (χ1v) is 6.63. The van der Waals surface area contributed by atoms with E-state index in [1.54, 1.807) is 0 Å². The van der Waals surface area contributed by atoms with Crippen LogP contribution in [-0.2, 0) is 0 Å². The van der Waals surface area contributed by atoms with Crippen LogP contribution in [0.1, 0.15) is 34.1 Å². The van der Waals surface area contributed by atoms with Gasteiger partial charge in [0.25, 0.3) is 0 Å². The van der Waals surface area contributed by atoms with Crippen LogP contribution in [0.25, 0.3) is 0 Å². The van der Waals surface area contributed by atoms with Gasteiger partial charge in [-0.25, -0.2) is 0 Å². The van der Waals surface area contributed by atoms with Crippen molar-refractivity contribution in [2.45, 2.75) is 40.2 Å². The first kappa shape index (κ1) is 16.4. The third-order valence-corrected chi connectivity index (χ3v) is 3.00. The van der Waals surface area contributed by atoms with Crippen molar-refractivity contribution in [1.29, 1.82) is 0 Å². The van der Waals surface area contributed by atoms with Crippen molar-refractivity contribution >= 4 is 0 Å². The van der Waals surface area contributed by atoms with Crippen LogP contribution in [0.15, 0.2) is 25.3 Å². The van der Waals surface area contributed by atoms with Crippen LogP contribution >= 0.6 is 0 Å². The van der Waals surface area contributed by atoms with Gasteiger partial charge >= 0.3 is 0 Å². The summed E-state index contributed by atoms with van der Waals surface area (Å²) in [7, 11) is 0. The van der Waals surface area contributed by atoms with Crippen molar-refractivity contribution in [3.8, 4) is 0 Å². The largest absolute Gasteiger partial charge is 0.314 e. The Kier molecular flexibility index (Phi) is 8.19. The van der Waals surface area contributed by atoms with E-state index in [2.05, 4.69) is 51.1 Å². The van der Waals surface area contributed by atoms with Crippen molar-refractivity contribution in [2.75, 3.05) is 26.2 Å². The molecule has 17 heavy (non-hydrogen) atoms. The lowest BCUT2D eigenvalue weighted by Gasteiger charge is -2.33. The summed E-state index contributed by atoms with van der Waals surface area (Å²) in [5.74, 6) is 0. The maximum absolute atomic E-state index is 3.80. The highest BCUT2D eigenvalue weighted by Crippen LogP contribution is 2.21. The predicted octanol–water partition coefficient (Wildman–Crippen LogP) is 3.07. The molecule has 2 nitrogen and oxygen atoms in total. The molecule has 1 unspecified atom stereocenters. The van der Waals surface area contributed by atoms with Crippen LogP contribution in [0.2, 0.25) is 0 Å². The molecule has 0 aliphatic rings. The molecule has 0 aliphatic carbocycles. The highest BCUT2D eigenvalue weighted by Gasteiger charge is 2.23. The topological polar surface area (TPSA) is 15.3 Å². The minimum atomic E-state index is 0.310. The van der Waals surface area contributed by atoms with Gasteiger partial charge in [-0.3, -0.25) is 4.90 Å². The van der Waals surface area contributed by atoms with Gasteiger partial charge in [0.2, 0.25) is 0 Å². The molecule has 0 heterocycles. The Morgan fingerprint density at radius 1 is 1.18 bits per heavy atom. The molecule has 0 aromatic heterocycles. The van der Waals surface area contributed by atoms with Crippen LogP contribution < -0.4 is 5.32 Å². The number of nitrogens with zero attached hydrogens (tertiary/aromatic N) is 1. The molecule has 2 heteroatoms. The zero-order valence-electron chi connectivity index (χ0n) is 12.1. The SMILES string of the molecule is C=CCN(CC=C)CCC(NCC)C(C)(C)C. The van der Waals surface area contributed by atoms with E-state index in [4.69, 9.17) is 0 Å². The molecule has 0 aliphatic heterocycles. The van der Waals surface area contributed by atoms with Gasteiger partial charge in [0.05, 0.1) is 0 Å². The molecule has 0 fully saturated rings. The molecule has 0 saturated heterocycles. The average molecular weight is 238 g/mol. The molecule has 1 N–H and O–H groups in total. The van der Waals surface area contributed by atoms with Gasteiger partial charge < -0.3 is 5.32 Å². The quantitative estimate of drug-likeness (QED) is 0.621. The van der Waals surface area contributed by atoms with Crippen molar-refractivity contribution in [3.63, 3.8) is 0 Å². The summed E-state index contributed by atoms with van der Waals surface area (Å²) in [5, 5.41) is 3.58. The molecular weight excluding hydrogens is 208 g/mol. The van der Waals surface area contributed by atoms with Crippen LogP contribution in [0.3, 0.4) is 0 Å². The maximum atomic E-state index is 3.80. The molecule has 0 aromatic carbocycles. The third-order valence-electron chi connectivity index (χ3n) is 3.00. The van der Waals surface area contributed by atoms with Crippen LogP contribution in [-0.4, -0.2) is 37.1 Å². The van der Waals surface area contributed by atoms with Gasteiger partial charge in [0.15, 0.2) is 0 Å².